The summed E-state index contributed by atoms with van der Waals surface area (Å²) in [7, 11) is 3.40. The second kappa shape index (κ2) is 4.54. The van der Waals surface area contributed by atoms with E-state index in [9.17, 15) is 0 Å². The van der Waals surface area contributed by atoms with E-state index in [-0.39, 0.29) is 6.04 Å². The predicted molar refractivity (Wildman–Crippen MR) is 61.9 cm³/mol. The first-order chi connectivity index (χ1) is 8.15. The van der Waals surface area contributed by atoms with Gasteiger partial charge in [0.05, 0.1) is 25.0 Å². The average Bonchev–Trinajstić information content (AvgIpc) is 2.94. The first kappa shape index (κ1) is 11.6. The first-order valence-electron chi connectivity index (χ1n) is 5.42. The third kappa shape index (κ3) is 2.14. The normalized spacial score (nSPS) is 12.7. The number of nitrogens with two attached hydrogens (primary N) is 1. The van der Waals surface area contributed by atoms with Gasteiger partial charge in [-0.15, -0.1) is 10.2 Å². The molecule has 0 amide bonds. The highest BCUT2D eigenvalue weighted by Gasteiger charge is 2.12. The van der Waals surface area contributed by atoms with Gasteiger partial charge in [0.25, 0.3) is 0 Å². The van der Waals surface area contributed by atoms with Crippen LogP contribution in [-0.2, 0) is 7.05 Å². The van der Waals surface area contributed by atoms with E-state index in [2.05, 4.69) is 15.4 Å². The van der Waals surface area contributed by atoms with Gasteiger partial charge in [-0.05, 0) is 6.42 Å². The third-order valence-electron chi connectivity index (χ3n) is 2.60. The van der Waals surface area contributed by atoms with Gasteiger partial charge in [-0.25, -0.2) is 9.36 Å². The fourth-order valence-corrected chi connectivity index (χ4v) is 1.51. The topological polar surface area (TPSA) is 83.8 Å². The van der Waals surface area contributed by atoms with Crippen LogP contribution in [0.1, 0.15) is 25.1 Å². The number of rotatable bonds is 4. The van der Waals surface area contributed by atoms with Crippen molar-refractivity contribution < 1.29 is 4.74 Å². The molecule has 2 N–H and O–H groups in total. The van der Waals surface area contributed by atoms with Crippen LogP contribution in [0.15, 0.2) is 12.3 Å². The molecule has 0 saturated carbocycles. The second-order valence-corrected chi connectivity index (χ2v) is 3.77. The maximum Gasteiger partial charge on any atom is 0.213 e. The highest BCUT2D eigenvalue weighted by molar-refractivity contribution is 5.27. The molecule has 0 aromatic carbocycles. The average molecular weight is 236 g/mol. The Morgan fingerprint density at radius 3 is 2.88 bits per heavy atom. The number of aromatic nitrogens is 5. The van der Waals surface area contributed by atoms with Crippen molar-refractivity contribution in [3.63, 3.8) is 0 Å². The van der Waals surface area contributed by atoms with Gasteiger partial charge in [-0.2, -0.15) is 0 Å². The molecule has 7 nitrogen and oxygen atoms in total. The van der Waals surface area contributed by atoms with E-state index >= 15 is 0 Å². The van der Waals surface area contributed by atoms with Crippen molar-refractivity contribution in [2.75, 3.05) is 7.11 Å². The Morgan fingerprint density at radius 1 is 1.53 bits per heavy atom. The molecule has 0 aliphatic heterocycles. The van der Waals surface area contributed by atoms with Gasteiger partial charge in [0.2, 0.25) is 5.88 Å². The van der Waals surface area contributed by atoms with Crippen LogP contribution in [0, 0.1) is 0 Å². The summed E-state index contributed by atoms with van der Waals surface area (Å²) in [5.41, 5.74) is 6.64. The van der Waals surface area contributed by atoms with Crippen molar-refractivity contribution >= 4 is 0 Å². The van der Waals surface area contributed by atoms with E-state index in [1.165, 1.54) is 0 Å². The third-order valence-corrected chi connectivity index (χ3v) is 2.60. The molecule has 2 aromatic rings. The molecule has 1 atom stereocenters. The van der Waals surface area contributed by atoms with E-state index < -0.39 is 0 Å². The molecule has 7 heteroatoms. The Bertz CT molecular complexity index is 503. The van der Waals surface area contributed by atoms with Crippen LogP contribution in [0.3, 0.4) is 0 Å². The van der Waals surface area contributed by atoms with E-state index in [0.29, 0.717) is 11.7 Å². The largest absolute Gasteiger partial charge is 0.481 e. The molecule has 2 rings (SSSR count). The van der Waals surface area contributed by atoms with Gasteiger partial charge in [0.1, 0.15) is 0 Å². The van der Waals surface area contributed by atoms with Crippen molar-refractivity contribution in [2.24, 2.45) is 12.8 Å². The Labute approximate surface area is 99.2 Å². The molecule has 1 unspecified atom stereocenters. The Balaban J connectivity index is 2.30. The summed E-state index contributed by atoms with van der Waals surface area (Å²) < 4.78 is 8.36. The van der Waals surface area contributed by atoms with Crippen LogP contribution in [0.2, 0.25) is 0 Å². The van der Waals surface area contributed by atoms with E-state index in [1.807, 2.05) is 6.92 Å². The Hall–Kier alpha value is -1.89. The van der Waals surface area contributed by atoms with Gasteiger partial charge in [-0.1, -0.05) is 12.1 Å². The van der Waals surface area contributed by atoms with Gasteiger partial charge >= 0.3 is 0 Å². The molecule has 0 radical (unpaired) electrons. The van der Waals surface area contributed by atoms with Gasteiger partial charge in [0.15, 0.2) is 5.82 Å². The summed E-state index contributed by atoms with van der Waals surface area (Å²) in [6, 6.07) is 1.70. The maximum absolute atomic E-state index is 5.88. The van der Waals surface area contributed by atoms with Crippen LogP contribution in [-0.4, -0.2) is 31.9 Å². The van der Waals surface area contributed by atoms with Crippen LogP contribution in [0.4, 0.5) is 0 Å². The molecule has 2 heterocycles. The zero-order valence-corrected chi connectivity index (χ0v) is 10.2. The fraction of sp³-hybridized carbons (Fsp3) is 0.500. The minimum absolute atomic E-state index is 0.0886. The molecule has 2 aromatic heterocycles. The quantitative estimate of drug-likeness (QED) is 0.831. The zero-order chi connectivity index (χ0) is 12.4. The van der Waals surface area contributed by atoms with Crippen molar-refractivity contribution in [1.29, 1.82) is 0 Å². The minimum atomic E-state index is -0.0886. The molecule has 0 saturated heterocycles. The molecule has 17 heavy (non-hydrogen) atoms. The standard InChI is InChI=1S/C10H16N6O/c1-4-7(11)8-6-16(14-12-8)9-5-10(17-3)15(2)13-9/h5-7H,4,11H2,1-3H3. The van der Waals surface area contributed by atoms with E-state index in [0.717, 1.165) is 12.1 Å². The highest BCUT2D eigenvalue weighted by Crippen LogP contribution is 2.16. The van der Waals surface area contributed by atoms with Crippen LogP contribution < -0.4 is 10.5 Å². The minimum Gasteiger partial charge on any atom is -0.481 e. The fourth-order valence-electron chi connectivity index (χ4n) is 1.51. The number of aryl methyl sites for hydroxylation is 1. The van der Waals surface area contributed by atoms with Gasteiger partial charge in [-0.3, -0.25) is 0 Å². The smallest absolute Gasteiger partial charge is 0.213 e. The summed E-state index contributed by atoms with van der Waals surface area (Å²) in [4.78, 5) is 0. The molecule has 92 valence electrons. The maximum atomic E-state index is 5.88. The van der Waals surface area contributed by atoms with Gasteiger partial charge < -0.3 is 10.5 Å². The van der Waals surface area contributed by atoms with Crippen LogP contribution in [0.5, 0.6) is 5.88 Å². The molecule has 0 bridgehead atoms. The van der Waals surface area contributed by atoms with Crippen molar-refractivity contribution in [3.8, 4) is 11.7 Å². The van der Waals surface area contributed by atoms with Crippen LogP contribution >= 0.6 is 0 Å². The first-order valence-corrected chi connectivity index (χ1v) is 5.42. The SMILES string of the molecule is CCC(N)c1cn(-c2cc(OC)n(C)n2)nn1. The summed E-state index contributed by atoms with van der Waals surface area (Å²) in [6.07, 6.45) is 2.61. The highest BCUT2D eigenvalue weighted by atomic mass is 16.5. The zero-order valence-electron chi connectivity index (χ0n) is 10.2. The van der Waals surface area contributed by atoms with Crippen molar-refractivity contribution in [1.82, 2.24) is 24.8 Å². The van der Waals surface area contributed by atoms with E-state index in [4.69, 9.17) is 10.5 Å². The molecule has 0 aliphatic carbocycles. The molecule has 0 aliphatic rings. The predicted octanol–water partition coefficient (Wildman–Crippen LogP) is 0.419. The summed E-state index contributed by atoms with van der Waals surface area (Å²) in [6.45, 7) is 2.01. The molecular weight excluding hydrogens is 220 g/mol. The second-order valence-electron chi connectivity index (χ2n) is 3.77. The van der Waals surface area contributed by atoms with E-state index in [1.54, 1.807) is 35.8 Å². The molecule has 0 spiro atoms. The number of methoxy groups -OCH3 is 1. The number of hydrogen-bond acceptors (Lipinski definition) is 5. The Morgan fingerprint density at radius 2 is 2.29 bits per heavy atom. The Kier molecular flexibility index (Phi) is 3.10. The van der Waals surface area contributed by atoms with Gasteiger partial charge in [0, 0.05) is 13.1 Å². The summed E-state index contributed by atoms with van der Waals surface area (Å²) >= 11 is 0. The molecule has 0 fully saturated rings. The number of nitrogens with zero attached hydrogens (tertiary/aromatic N) is 5. The number of ether oxygens (including phenoxy) is 1. The van der Waals surface area contributed by atoms with Crippen LogP contribution in [0.25, 0.3) is 5.82 Å². The lowest BCUT2D eigenvalue weighted by molar-refractivity contribution is 0.373. The number of hydrogen-bond donors (Lipinski definition) is 1. The lowest BCUT2D eigenvalue weighted by Crippen LogP contribution is -2.08. The monoisotopic (exact) mass is 236 g/mol. The van der Waals surface area contributed by atoms with Crippen molar-refractivity contribution in [3.05, 3.63) is 18.0 Å². The van der Waals surface area contributed by atoms with Crippen molar-refractivity contribution in [2.45, 2.75) is 19.4 Å². The summed E-state index contributed by atoms with van der Waals surface area (Å²) in [5.74, 6) is 1.32. The molecular formula is C10H16N6O. The lowest BCUT2D eigenvalue weighted by Gasteiger charge is -2.01. The summed E-state index contributed by atoms with van der Waals surface area (Å²) in [5, 5.41) is 12.3. The lowest BCUT2D eigenvalue weighted by atomic mass is 10.2.